The fraction of sp³-hybridized carbons (Fsp3) is 0.278. The van der Waals surface area contributed by atoms with Crippen molar-refractivity contribution in [2.75, 3.05) is 6.54 Å². The van der Waals surface area contributed by atoms with E-state index in [1.807, 2.05) is 35.1 Å². The number of aromatic amines is 1. The maximum absolute atomic E-state index is 12.1. The van der Waals surface area contributed by atoms with Crippen LogP contribution in [0.1, 0.15) is 40.5 Å². The molecule has 0 spiro atoms. The lowest BCUT2D eigenvalue weighted by Crippen LogP contribution is -2.26. The van der Waals surface area contributed by atoms with Gasteiger partial charge in [0.1, 0.15) is 5.69 Å². The molecular formula is C18H19N5O. The molecule has 1 aromatic carbocycles. The molecule has 2 N–H and O–H groups in total. The second kappa shape index (κ2) is 6.31. The zero-order chi connectivity index (χ0) is 16.4. The number of amides is 1. The molecule has 122 valence electrons. The first-order chi connectivity index (χ1) is 11.8. The highest BCUT2D eigenvalue weighted by Gasteiger charge is 2.26. The van der Waals surface area contributed by atoms with E-state index in [0.717, 1.165) is 17.8 Å². The van der Waals surface area contributed by atoms with Gasteiger partial charge in [0, 0.05) is 30.6 Å². The van der Waals surface area contributed by atoms with Crippen LogP contribution in [0, 0.1) is 0 Å². The Morgan fingerprint density at radius 1 is 1.29 bits per heavy atom. The number of hydrogen-bond donors (Lipinski definition) is 2. The van der Waals surface area contributed by atoms with E-state index in [9.17, 15) is 4.79 Å². The summed E-state index contributed by atoms with van der Waals surface area (Å²) in [6, 6.07) is 11.9. The number of carbonyl (C=O) groups excluding carboxylic acids is 1. The molecular weight excluding hydrogens is 302 g/mol. The smallest absolute Gasteiger partial charge is 0.271 e. The molecule has 24 heavy (non-hydrogen) atoms. The summed E-state index contributed by atoms with van der Waals surface area (Å²) in [4.78, 5) is 12.1. The molecule has 0 atom stereocenters. The summed E-state index contributed by atoms with van der Waals surface area (Å²) in [7, 11) is 0. The molecule has 6 nitrogen and oxygen atoms in total. The number of nitrogens with zero attached hydrogens (tertiary/aromatic N) is 3. The van der Waals surface area contributed by atoms with Gasteiger partial charge in [-0.3, -0.25) is 9.89 Å². The van der Waals surface area contributed by atoms with E-state index in [1.165, 1.54) is 18.4 Å². The van der Waals surface area contributed by atoms with E-state index < -0.39 is 0 Å². The third-order valence-corrected chi connectivity index (χ3v) is 4.25. The van der Waals surface area contributed by atoms with Gasteiger partial charge in [0.25, 0.3) is 5.91 Å². The van der Waals surface area contributed by atoms with Crippen molar-refractivity contribution in [1.82, 2.24) is 25.3 Å². The fourth-order valence-electron chi connectivity index (χ4n) is 2.70. The van der Waals surface area contributed by atoms with Gasteiger partial charge >= 0.3 is 0 Å². The lowest BCUT2D eigenvalue weighted by molar-refractivity contribution is 0.0949. The molecule has 6 heteroatoms. The van der Waals surface area contributed by atoms with Crippen molar-refractivity contribution in [3.63, 3.8) is 0 Å². The van der Waals surface area contributed by atoms with Crippen molar-refractivity contribution in [2.45, 2.75) is 25.2 Å². The van der Waals surface area contributed by atoms with Crippen molar-refractivity contribution in [2.24, 2.45) is 0 Å². The van der Waals surface area contributed by atoms with E-state index in [0.29, 0.717) is 18.2 Å². The third kappa shape index (κ3) is 3.22. The van der Waals surface area contributed by atoms with Crippen LogP contribution in [0.15, 0.2) is 48.8 Å². The second-order valence-electron chi connectivity index (χ2n) is 6.11. The maximum atomic E-state index is 12.1. The molecule has 0 aliphatic heterocycles. The molecule has 4 rings (SSSR count). The lowest BCUT2D eigenvalue weighted by Gasteiger charge is -2.05. The monoisotopic (exact) mass is 321 g/mol. The zero-order valence-corrected chi connectivity index (χ0v) is 13.3. The van der Waals surface area contributed by atoms with Gasteiger partial charge in [-0.05, 0) is 49.1 Å². The number of H-pyrrole nitrogens is 1. The topological polar surface area (TPSA) is 75.6 Å². The molecule has 0 radical (unpaired) electrons. The van der Waals surface area contributed by atoms with Gasteiger partial charge < -0.3 is 5.32 Å². The third-order valence-electron chi connectivity index (χ3n) is 4.25. The Bertz CT molecular complexity index is 815. The van der Waals surface area contributed by atoms with Crippen LogP contribution in [0.4, 0.5) is 0 Å². The highest BCUT2D eigenvalue weighted by Crippen LogP contribution is 2.38. The van der Waals surface area contributed by atoms with Crippen LogP contribution in [-0.2, 0) is 6.42 Å². The molecule has 2 heterocycles. The Balaban J connectivity index is 1.29. The molecule has 1 aliphatic rings. The minimum Gasteiger partial charge on any atom is -0.350 e. The number of carbonyl (C=O) groups is 1. The Morgan fingerprint density at radius 2 is 2.12 bits per heavy atom. The highest BCUT2D eigenvalue weighted by atomic mass is 16.1. The summed E-state index contributed by atoms with van der Waals surface area (Å²) in [5.74, 6) is 0.457. The standard InChI is InChI=1S/C18H19N5O/c24-18(17-12-16(21-22-17)14-4-5-14)19-10-8-13-2-6-15(7-3-13)23-11-1-9-20-23/h1-3,6-7,9,11-12,14H,4-5,8,10H2,(H,19,24)(H,21,22). The average Bonchev–Trinajstić information content (AvgIpc) is 3.12. The number of benzene rings is 1. The first-order valence-corrected chi connectivity index (χ1v) is 8.22. The van der Waals surface area contributed by atoms with Crippen molar-refractivity contribution < 1.29 is 4.79 Å². The minimum atomic E-state index is -0.119. The maximum Gasteiger partial charge on any atom is 0.271 e. The largest absolute Gasteiger partial charge is 0.350 e. The van der Waals surface area contributed by atoms with Crippen LogP contribution in [0.5, 0.6) is 0 Å². The van der Waals surface area contributed by atoms with Gasteiger partial charge in [0.2, 0.25) is 0 Å². The molecule has 2 aromatic heterocycles. The number of nitrogens with one attached hydrogen (secondary N) is 2. The predicted octanol–water partition coefficient (Wildman–Crippen LogP) is 2.45. The minimum absolute atomic E-state index is 0.119. The molecule has 0 saturated heterocycles. The van der Waals surface area contributed by atoms with Crippen molar-refractivity contribution in [3.05, 3.63) is 65.7 Å². The molecule has 1 saturated carbocycles. The zero-order valence-electron chi connectivity index (χ0n) is 13.3. The Labute approximate surface area is 139 Å². The van der Waals surface area contributed by atoms with Crippen LogP contribution in [0.2, 0.25) is 0 Å². The summed E-state index contributed by atoms with van der Waals surface area (Å²) < 4.78 is 1.82. The first-order valence-electron chi connectivity index (χ1n) is 8.22. The first kappa shape index (κ1) is 14.7. The number of aromatic nitrogens is 4. The number of rotatable bonds is 6. The van der Waals surface area contributed by atoms with E-state index in [2.05, 4.69) is 32.7 Å². The normalized spacial score (nSPS) is 13.8. The molecule has 0 bridgehead atoms. The quantitative estimate of drug-likeness (QED) is 0.732. The van der Waals surface area contributed by atoms with E-state index >= 15 is 0 Å². The summed E-state index contributed by atoms with van der Waals surface area (Å²) in [6.07, 6.45) is 6.84. The fourth-order valence-corrected chi connectivity index (χ4v) is 2.70. The number of hydrogen-bond acceptors (Lipinski definition) is 3. The summed E-state index contributed by atoms with van der Waals surface area (Å²) in [5.41, 5.74) is 3.75. The van der Waals surface area contributed by atoms with Crippen molar-refractivity contribution >= 4 is 5.91 Å². The SMILES string of the molecule is O=C(NCCc1ccc(-n2cccn2)cc1)c1cc(C2CC2)[nH]n1. The molecule has 0 unspecified atom stereocenters. The second-order valence-corrected chi connectivity index (χ2v) is 6.11. The predicted molar refractivity (Wildman–Crippen MR) is 90.2 cm³/mol. The van der Waals surface area contributed by atoms with Gasteiger partial charge in [-0.1, -0.05) is 12.1 Å². The molecule has 1 amide bonds. The Hall–Kier alpha value is -2.89. The lowest BCUT2D eigenvalue weighted by atomic mass is 10.1. The van der Waals surface area contributed by atoms with Crippen LogP contribution in [0.3, 0.4) is 0 Å². The molecule has 1 fully saturated rings. The van der Waals surface area contributed by atoms with E-state index in [1.54, 1.807) is 6.20 Å². The average molecular weight is 321 g/mol. The Kier molecular flexibility index (Phi) is 3.86. The van der Waals surface area contributed by atoms with Gasteiger partial charge in [-0.25, -0.2) is 4.68 Å². The summed E-state index contributed by atoms with van der Waals surface area (Å²) >= 11 is 0. The van der Waals surface area contributed by atoms with Crippen LogP contribution < -0.4 is 5.32 Å². The van der Waals surface area contributed by atoms with Gasteiger partial charge in [0.15, 0.2) is 0 Å². The molecule has 3 aromatic rings. The van der Waals surface area contributed by atoms with E-state index in [4.69, 9.17) is 0 Å². The highest BCUT2D eigenvalue weighted by molar-refractivity contribution is 5.92. The van der Waals surface area contributed by atoms with Gasteiger partial charge in [-0.15, -0.1) is 0 Å². The van der Waals surface area contributed by atoms with Crippen LogP contribution in [0.25, 0.3) is 5.69 Å². The van der Waals surface area contributed by atoms with E-state index in [-0.39, 0.29) is 5.91 Å². The van der Waals surface area contributed by atoms with Gasteiger partial charge in [0.05, 0.1) is 5.69 Å². The summed E-state index contributed by atoms with van der Waals surface area (Å²) in [5, 5.41) is 14.2. The van der Waals surface area contributed by atoms with Gasteiger partial charge in [-0.2, -0.15) is 10.2 Å². The summed E-state index contributed by atoms with van der Waals surface area (Å²) in [6.45, 7) is 0.589. The molecule has 1 aliphatic carbocycles. The Morgan fingerprint density at radius 3 is 2.83 bits per heavy atom. The van der Waals surface area contributed by atoms with Crippen molar-refractivity contribution in [3.8, 4) is 5.69 Å². The van der Waals surface area contributed by atoms with Crippen LogP contribution in [-0.4, -0.2) is 32.4 Å². The van der Waals surface area contributed by atoms with Crippen molar-refractivity contribution in [1.29, 1.82) is 0 Å². The van der Waals surface area contributed by atoms with Crippen LogP contribution >= 0.6 is 0 Å².